The maximum atomic E-state index is 2.38. The van der Waals surface area contributed by atoms with E-state index in [0.29, 0.717) is 0 Å². The molecule has 0 nitrogen and oxygen atoms in total. The molecular weight excluding hydrogens is 451 g/mol. The number of hydrogen-bond donors (Lipinski definition) is 0. The first kappa shape index (κ1) is 13.1. The monoisotopic (exact) mass is 468 g/mol. The summed E-state index contributed by atoms with van der Waals surface area (Å²) in [4.78, 5) is 0. The molecule has 92 valence electrons. The van der Waals surface area contributed by atoms with Gasteiger partial charge in [-0.2, -0.15) is 0 Å². The van der Waals surface area contributed by atoms with Gasteiger partial charge in [-0.05, 0) is 0 Å². The van der Waals surface area contributed by atoms with Crippen LogP contribution in [0.25, 0.3) is 0 Å². The van der Waals surface area contributed by atoms with Gasteiger partial charge in [0.15, 0.2) is 0 Å². The van der Waals surface area contributed by atoms with Gasteiger partial charge in [0, 0.05) is 0 Å². The third-order valence-electron chi connectivity index (χ3n) is 3.20. The Morgan fingerprint density at radius 3 is 1.78 bits per heavy atom. The molecule has 1 saturated heterocycles. The van der Waals surface area contributed by atoms with Crippen LogP contribution in [0, 0.1) is 0 Å². The van der Waals surface area contributed by atoms with E-state index in [1.165, 1.54) is 5.75 Å². The van der Waals surface area contributed by atoms with Gasteiger partial charge in [-0.1, -0.05) is 0 Å². The second kappa shape index (κ2) is 5.59. The Morgan fingerprint density at radius 2 is 1.39 bits per heavy atom. The molecule has 0 spiro atoms. The molecule has 0 bridgehead atoms. The topological polar surface area (TPSA) is 0 Å². The van der Waals surface area contributed by atoms with Crippen molar-refractivity contribution in [2.75, 3.05) is 5.75 Å². The molecular formula is C15H16PbS2. The van der Waals surface area contributed by atoms with Crippen molar-refractivity contribution in [2.45, 2.75) is 12.2 Å². The predicted molar refractivity (Wildman–Crippen MR) is 87.4 cm³/mol. The van der Waals surface area contributed by atoms with E-state index < -0.39 is 18.2 Å². The van der Waals surface area contributed by atoms with E-state index in [1.54, 1.807) is 6.25 Å². The molecule has 0 saturated carbocycles. The van der Waals surface area contributed by atoms with Gasteiger partial charge in [0.25, 0.3) is 0 Å². The maximum absolute atomic E-state index is 2.63. The van der Waals surface area contributed by atoms with Crippen LogP contribution in [0.15, 0.2) is 60.7 Å². The zero-order valence-electron chi connectivity index (χ0n) is 10.4. The van der Waals surface area contributed by atoms with Crippen molar-refractivity contribution < 1.29 is 0 Å². The fourth-order valence-corrected chi connectivity index (χ4v) is 47.3. The molecule has 1 aliphatic heterocycles. The molecule has 0 aliphatic carbocycles. The van der Waals surface area contributed by atoms with Gasteiger partial charge in [-0.25, -0.2) is 0 Å². The molecule has 2 aromatic carbocycles. The van der Waals surface area contributed by atoms with Crippen molar-refractivity contribution >= 4 is 41.0 Å². The van der Waals surface area contributed by atoms with Crippen LogP contribution in [0.2, 0.25) is 0 Å². The quantitative estimate of drug-likeness (QED) is 0.623. The molecule has 1 aliphatic rings. The first-order valence-electron chi connectivity index (χ1n) is 6.24. The zero-order valence-corrected chi connectivity index (χ0v) is 15.9. The average molecular weight is 468 g/mol. The molecule has 1 atom stereocenters. The molecule has 0 radical (unpaired) electrons. The van der Waals surface area contributed by atoms with Gasteiger partial charge in [0.1, 0.15) is 0 Å². The molecule has 1 heterocycles. The Morgan fingerprint density at radius 1 is 0.889 bits per heavy atom. The molecule has 2 aromatic rings. The third kappa shape index (κ3) is 2.39. The standard InChI is InChI=1S/2C6H5.C3H8S2.Pb/c2*1-2-4-6-5-3-1;1-3(5)2-4;/h2*1-5H;3-5H,2H2,1H3;/q;;;+2/p-2. The summed E-state index contributed by atoms with van der Waals surface area (Å²) >= 11 is -2.63. The van der Waals surface area contributed by atoms with Gasteiger partial charge in [0.2, 0.25) is 0 Å². The normalized spacial score (nSPS) is 21.9. The number of benzene rings is 2. The fraction of sp³-hybridized carbons (Fsp3) is 0.200. The van der Waals surface area contributed by atoms with Gasteiger partial charge in [-0.15, -0.1) is 0 Å². The van der Waals surface area contributed by atoms with E-state index in [9.17, 15) is 0 Å². The Bertz CT molecular complexity index is 473. The van der Waals surface area contributed by atoms with Crippen LogP contribution in [0.1, 0.15) is 6.92 Å². The summed E-state index contributed by atoms with van der Waals surface area (Å²) in [6, 6.07) is 22.5. The van der Waals surface area contributed by atoms with Crippen molar-refractivity contribution in [3.05, 3.63) is 60.7 Å². The number of rotatable bonds is 2. The van der Waals surface area contributed by atoms with Crippen molar-refractivity contribution in [1.29, 1.82) is 0 Å². The fourth-order valence-electron chi connectivity index (χ4n) is 2.37. The van der Waals surface area contributed by atoms with Crippen LogP contribution in [-0.4, -0.2) is 29.2 Å². The van der Waals surface area contributed by atoms with Gasteiger partial charge < -0.3 is 0 Å². The Balaban J connectivity index is 2.11. The van der Waals surface area contributed by atoms with Crippen LogP contribution in [0.3, 0.4) is 0 Å². The van der Waals surface area contributed by atoms with E-state index in [2.05, 4.69) is 84.2 Å². The van der Waals surface area contributed by atoms with Crippen molar-refractivity contribution in [3.8, 4) is 0 Å². The summed E-state index contributed by atoms with van der Waals surface area (Å²) in [6.45, 7) is 2.38. The van der Waals surface area contributed by atoms with E-state index in [4.69, 9.17) is 0 Å². The molecule has 18 heavy (non-hydrogen) atoms. The van der Waals surface area contributed by atoms with Crippen molar-refractivity contribution in [2.24, 2.45) is 0 Å². The van der Waals surface area contributed by atoms with Gasteiger partial charge >= 0.3 is 120 Å². The molecule has 0 N–H and O–H groups in total. The van der Waals surface area contributed by atoms with Crippen LogP contribution in [0.4, 0.5) is 0 Å². The van der Waals surface area contributed by atoms with Crippen LogP contribution in [-0.2, 0) is 0 Å². The van der Waals surface area contributed by atoms with E-state index in [1.807, 2.05) is 0 Å². The van der Waals surface area contributed by atoms with Crippen molar-refractivity contribution in [1.82, 2.24) is 0 Å². The molecule has 1 unspecified atom stereocenters. The Labute approximate surface area is 119 Å². The summed E-state index contributed by atoms with van der Waals surface area (Å²) in [5, 5.41) is 0.803. The Hall–Kier alpha value is 0.0621. The summed E-state index contributed by atoms with van der Waals surface area (Å²) in [6.07, 6.45) is 0. The molecule has 3 rings (SSSR count). The molecule has 0 aromatic heterocycles. The van der Waals surface area contributed by atoms with Crippen molar-refractivity contribution in [3.63, 3.8) is 0 Å². The summed E-state index contributed by atoms with van der Waals surface area (Å²) in [5.74, 6) is 1.32. The van der Waals surface area contributed by atoms with Gasteiger partial charge in [-0.3, -0.25) is 0 Å². The predicted octanol–water partition coefficient (Wildman–Crippen LogP) is 3.11. The first-order valence-corrected chi connectivity index (χ1v) is 21.5. The summed E-state index contributed by atoms with van der Waals surface area (Å²) in [5.41, 5.74) is 0. The minimum absolute atomic E-state index is 0.803. The average Bonchev–Trinajstić information content (AvgIpc) is 2.84. The van der Waals surface area contributed by atoms with E-state index in [-0.39, 0.29) is 0 Å². The Kier molecular flexibility index (Phi) is 4.06. The SMILES string of the molecule is CC1C[S][Pb]([c]2ccccc2)([c]2ccccc2)[S]1. The molecule has 0 amide bonds. The summed E-state index contributed by atoms with van der Waals surface area (Å²) in [7, 11) is 4.59. The van der Waals surface area contributed by atoms with Gasteiger partial charge in [0.05, 0.1) is 0 Å². The van der Waals surface area contributed by atoms with E-state index in [0.717, 1.165) is 5.25 Å². The second-order valence-electron chi connectivity index (χ2n) is 4.59. The second-order valence-corrected chi connectivity index (χ2v) is 34.7. The summed E-state index contributed by atoms with van der Waals surface area (Å²) < 4.78 is 3.27. The third-order valence-corrected chi connectivity index (χ3v) is 43.0. The molecule has 1 fully saturated rings. The molecule has 3 heteroatoms. The van der Waals surface area contributed by atoms with E-state index >= 15 is 0 Å². The minimum atomic E-state index is -2.63. The zero-order chi connectivity index (χ0) is 12.4. The van der Waals surface area contributed by atoms with Crippen LogP contribution >= 0.6 is 16.6 Å². The van der Waals surface area contributed by atoms with Crippen LogP contribution in [0.5, 0.6) is 0 Å². The van der Waals surface area contributed by atoms with Crippen LogP contribution < -0.4 is 6.25 Å². The first-order chi connectivity index (χ1) is 8.81. The number of hydrogen-bond acceptors (Lipinski definition) is 2.